The van der Waals surface area contributed by atoms with Crippen molar-refractivity contribution in [2.24, 2.45) is 0 Å². The third-order valence-electron chi connectivity index (χ3n) is 3.63. The number of carbonyl (C=O) groups is 1. The Morgan fingerprint density at radius 2 is 2.00 bits per heavy atom. The molecule has 0 unspecified atom stereocenters. The highest BCUT2D eigenvalue weighted by Gasteiger charge is 2.12. The Bertz CT molecular complexity index is 995. The zero-order valence-corrected chi connectivity index (χ0v) is 13.5. The molecule has 0 aliphatic carbocycles. The molecule has 0 aliphatic rings. The lowest BCUT2D eigenvalue weighted by Crippen LogP contribution is -2.22. The Morgan fingerprint density at radius 3 is 2.73 bits per heavy atom. The number of rotatable bonds is 5. The van der Waals surface area contributed by atoms with Gasteiger partial charge in [0.1, 0.15) is 5.69 Å². The molecule has 0 aliphatic heterocycles. The summed E-state index contributed by atoms with van der Waals surface area (Å²) >= 11 is 0. The molecule has 26 heavy (non-hydrogen) atoms. The summed E-state index contributed by atoms with van der Waals surface area (Å²) in [6, 6.07) is 12.4. The topological polar surface area (TPSA) is 107 Å². The molecule has 128 valence electrons. The van der Waals surface area contributed by atoms with E-state index >= 15 is 0 Å². The minimum atomic E-state index is -0.244. The monoisotopic (exact) mass is 347 g/mol. The van der Waals surface area contributed by atoms with Gasteiger partial charge in [-0.15, -0.1) is 0 Å². The first-order valence-electron chi connectivity index (χ1n) is 7.81. The minimum Gasteiger partial charge on any atom is -0.444 e. The number of oxazole rings is 1. The highest BCUT2D eigenvalue weighted by atomic mass is 16.5. The fourth-order valence-electron chi connectivity index (χ4n) is 2.33. The number of carbonyl (C=O) groups excluding carboxylic acids is 1. The molecule has 3 heterocycles. The molecule has 1 aromatic carbocycles. The average molecular weight is 347 g/mol. The summed E-state index contributed by atoms with van der Waals surface area (Å²) in [4.78, 5) is 24.5. The Hall–Kier alpha value is -3.81. The van der Waals surface area contributed by atoms with Crippen molar-refractivity contribution in [2.45, 2.75) is 6.54 Å². The summed E-state index contributed by atoms with van der Waals surface area (Å²) in [5.41, 5.74) is 1.96. The smallest absolute Gasteiger partial charge is 0.251 e. The van der Waals surface area contributed by atoms with Gasteiger partial charge < -0.3 is 14.3 Å². The average Bonchev–Trinajstić information content (AvgIpc) is 3.39. The van der Waals surface area contributed by atoms with Crippen LogP contribution in [-0.2, 0) is 6.54 Å². The maximum Gasteiger partial charge on any atom is 0.251 e. The maximum atomic E-state index is 12.2. The molecule has 0 spiro atoms. The molecular weight excluding hydrogens is 334 g/mol. The highest BCUT2D eigenvalue weighted by Crippen LogP contribution is 2.19. The van der Waals surface area contributed by atoms with Crippen LogP contribution in [0.25, 0.3) is 22.8 Å². The third-order valence-corrected chi connectivity index (χ3v) is 3.63. The van der Waals surface area contributed by atoms with Crippen molar-refractivity contribution in [3.05, 3.63) is 72.7 Å². The Morgan fingerprint density at radius 1 is 1.12 bits per heavy atom. The second-order valence-corrected chi connectivity index (χ2v) is 5.35. The van der Waals surface area contributed by atoms with E-state index < -0.39 is 0 Å². The third kappa shape index (κ3) is 3.34. The van der Waals surface area contributed by atoms with Crippen molar-refractivity contribution in [2.75, 3.05) is 0 Å². The van der Waals surface area contributed by atoms with E-state index in [0.29, 0.717) is 28.7 Å². The summed E-state index contributed by atoms with van der Waals surface area (Å²) in [5.74, 6) is 1.08. The number of pyridine rings is 1. The number of nitrogens with one attached hydrogen (secondary N) is 1. The molecular formula is C18H13N5O3. The van der Waals surface area contributed by atoms with Crippen LogP contribution in [0.15, 0.2) is 70.2 Å². The van der Waals surface area contributed by atoms with Gasteiger partial charge >= 0.3 is 0 Å². The van der Waals surface area contributed by atoms with Gasteiger partial charge in [0, 0.05) is 17.3 Å². The first kappa shape index (κ1) is 15.7. The first-order chi connectivity index (χ1) is 12.8. The van der Waals surface area contributed by atoms with E-state index in [4.69, 9.17) is 8.94 Å². The van der Waals surface area contributed by atoms with Crippen LogP contribution in [0.5, 0.6) is 0 Å². The zero-order valence-electron chi connectivity index (χ0n) is 13.5. The molecule has 0 bridgehead atoms. The maximum absolute atomic E-state index is 12.2. The molecule has 1 amide bonds. The normalized spacial score (nSPS) is 10.6. The van der Waals surface area contributed by atoms with Crippen LogP contribution in [0, 0.1) is 0 Å². The van der Waals surface area contributed by atoms with E-state index in [1.54, 1.807) is 48.8 Å². The van der Waals surface area contributed by atoms with Crippen LogP contribution in [0.4, 0.5) is 0 Å². The number of benzene rings is 1. The number of aromatic nitrogens is 4. The van der Waals surface area contributed by atoms with Gasteiger partial charge in [0.15, 0.2) is 12.2 Å². The molecule has 0 saturated carbocycles. The summed E-state index contributed by atoms with van der Waals surface area (Å²) in [7, 11) is 0. The molecule has 0 fully saturated rings. The van der Waals surface area contributed by atoms with Gasteiger partial charge in [-0.2, -0.15) is 4.98 Å². The standard InChI is InChI=1S/C18H13N5O3/c24-18(13-6-4-12(5-7-13)15-9-19-11-25-15)21-10-16-22-17(23-26-16)14-3-1-2-8-20-14/h1-9,11H,10H2,(H,21,24). The zero-order chi connectivity index (χ0) is 17.8. The van der Waals surface area contributed by atoms with Crippen LogP contribution in [0.2, 0.25) is 0 Å². The fraction of sp³-hybridized carbons (Fsp3) is 0.0556. The summed E-state index contributed by atoms with van der Waals surface area (Å²) < 4.78 is 10.4. The quantitative estimate of drug-likeness (QED) is 0.591. The highest BCUT2D eigenvalue weighted by molar-refractivity contribution is 5.94. The number of nitrogens with zero attached hydrogens (tertiary/aromatic N) is 4. The van der Waals surface area contributed by atoms with Gasteiger partial charge in [-0.25, -0.2) is 4.98 Å². The Labute approximate surface area is 147 Å². The van der Waals surface area contributed by atoms with Crippen molar-refractivity contribution in [3.63, 3.8) is 0 Å². The molecule has 0 radical (unpaired) electrons. The van der Waals surface area contributed by atoms with Crippen LogP contribution in [-0.4, -0.2) is 26.0 Å². The van der Waals surface area contributed by atoms with E-state index in [1.165, 1.54) is 6.39 Å². The van der Waals surface area contributed by atoms with E-state index in [1.807, 2.05) is 6.07 Å². The van der Waals surface area contributed by atoms with Crippen molar-refractivity contribution >= 4 is 5.91 Å². The number of hydrogen-bond donors (Lipinski definition) is 1. The van der Waals surface area contributed by atoms with Crippen molar-refractivity contribution in [3.8, 4) is 22.8 Å². The molecule has 0 atom stereocenters. The van der Waals surface area contributed by atoms with Gasteiger partial charge in [0.2, 0.25) is 11.7 Å². The van der Waals surface area contributed by atoms with Crippen LogP contribution in [0.1, 0.15) is 16.2 Å². The summed E-state index contributed by atoms with van der Waals surface area (Å²) in [6.45, 7) is 0.128. The number of hydrogen-bond acceptors (Lipinski definition) is 7. The molecule has 1 N–H and O–H groups in total. The van der Waals surface area contributed by atoms with Crippen LogP contribution in [0.3, 0.4) is 0 Å². The Balaban J connectivity index is 1.39. The van der Waals surface area contributed by atoms with Gasteiger partial charge in [-0.1, -0.05) is 23.4 Å². The predicted octanol–water partition coefficient (Wildman–Crippen LogP) is 2.72. The van der Waals surface area contributed by atoms with E-state index in [9.17, 15) is 4.79 Å². The number of amides is 1. The predicted molar refractivity (Wildman–Crippen MR) is 90.6 cm³/mol. The molecule has 8 nitrogen and oxygen atoms in total. The first-order valence-corrected chi connectivity index (χ1v) is 7.81. The van der Waals surface area contributed by atoms with E-state index in [0.717, 1.165) is 5.56 Å². The van der Waals surface area contributed by atoms with Gasteiger partial charge in [-0.3, -0.25) is 9.78 Å². The Kier molecular flexibility index (Phi) is 4.21. The van der Waals surface area contributed by atoms with Gasteiger partial charge in [0.05, 0.1) is 12.7 Å². The second-order valence-electron chi connectivity index (χ2n) is 5.35. The minimum absolute atomic E-state index is 0.128. The van der Waals surface area contributed by atoms with Crippen molar-refractivity contribution < 1.29 is 13.7 Å². The molecule has 3 aromatic heterocycles. The molecule has 8 heteroatoms. The molecule has 4 rings (SSSR count). The SMILES string of the molecule is O=C(NCc1nc(-c2ccccn2)no1)c1ccc(-c2cnco2)cc1. The molecule has 0 saturated heterocycles. The molecule has 4 aromatic rings. The lowest BCUT2D eigenvalue weighted by molar-refractivity contribution is 0.0946. The van der Waals surface area contributed by atoms with Crippen molar-refractivity contribution in [1.29, 1.82) is 0 Å². The lowest BCUT2D eigenvalue weighted by Gasteiger charge is -2.03. The van der Waals surface area contributed by atoms with Crippen LogP contribution < -0.4 is 5.32 Å². The second kappa shape index (κ2) is 6.98. The largest absolute Gasteiger partial charge is 0.444 e. The van der Waals surface area contributed by atoms with Gasteiger partial charge in [0.25, 0.3) is 5.91 Å². The summed E-state index contributed by atoms with van der Waals surface area (Å²) in [6.07, 6.45) is 4.62. The van der Waals surface area contributed by atoms with Crippen LogP contribution >= 0.6 is 0 Å². The lowest BCUT2D eigenvalue weighted by atomic mass is 10.1. The fourth-order valence-corrected chi connectivity index (χ4v) is 2.33. The van der Waals surface area contributed by atoms with Crippen molar-refractivity contribution in [1.82, 2.24) is 25.4 Å². The van der Waals surface area contributed by atoms with E-state index in [-0.39, 0.29) is 12.5 Å². The van der Waals surface area contributed by atoms with E-state index in [2.05, 4.69) is 25.4 Å². The summed E-state index contributed by atoms with van der Waals surface area (Å²) in [5, 5.41) is 6.60. The van der Waals surface area contributed by atoms with Gasteiger partial charge in [-0.05, 0) is 24.3 Å².